The predicted octanol–water partition coefficient (Wildman–Crippen LogP) is 2.05. The van der Waals surface area contributed by atoms with Gasteiger partial charge in [0, 0.05) is 13.1 Å². The fourth-order valence-electron chi connectivity index (χ4n) is 3.16. The number of likely N-dealkylation sites (tertiary alicyclic amines) is 1. The minimum Gasteiger partial charge on any atom is -0.481 e. The van der Waals surface area contributed by atoms with Gasteiger partial charge in [0.05, 0.1) is 22.1 Å². The maximum Gasteiger partial charge on any atom is 0.308 e. The molecule has 1 fully saturated rings. The summed E-state index contributed by atoms with van der Waals surface area (Å²) in [4.78, 5) is 25.6. The van der Waals surface area contributed by atoms with Crippen LogP contribution in [0.5, 0.6) is 0 Å². The molecule has 2 atom stereocenters. The van der Waals surface area contributed by atoms with E-state index in [1.54, 1.807) is 19.1 Å². The van der Waals surface area contributed by atoms with Crippen LogP contribution in [0.25, 0.3) is 0 Å². The molecule has 1 N–H and O–H groups in total. The zero-order chi connectivity index (χ0) is 17.9. The van der Waals surface area contributed by atoms with Crippen molar-refractivity contribution in [1.82, 2.24) is 4.90 Å². The average Bonchev–Trinajstić information content (AvgIpc) is 2.53. The largest absolute Gasteiger partial charge is 0.481 e. The van der Waals surface area contributed by atoms with Gasteiger partial charge in [-0.05, 0) is 30.9 Å². The average molecular weight is 353 g/mol. The Labute approximate surface area is 142 Å². The Balaban J connectivity index is 2.35. The quantitative estimate of drug-likeness (QED) is 0.875. The van der Waals surface area contributed by atoms with Crippen molar-refractivity contribution in [3.8, 4) is 0 Å². The van der Waals surface area contributed by atoms with Gasteiger partial charge in [-0.1, -0.05) is 26.0 Å². The molecule has 24 heavy (non-hydrogen) atoms. The minimum atomic E-state index is -3.53. The van der Waals surface area contributed by atoms with Gasteiger partial charge in [-0.3, -0.25) is 9.59 Å². The molecular weight excluding hydrogens is 330 g/mol. The lowest BCUT2D eigenvalue weighted by atomic mass is 9.90. The summed E-state index contributed by atoms with van der Waals surface area (Å²) in [6.07, 6.45) is 0.988. The number of sulfone groups is 1. The molecule has 1 amide bonds. The van der Waals surface area contributed by atoms with Gasteiger partial charge in [0.25, 0.3) is 5.91 Å². The number of rotatable bonds is 5. The summed E-state index contributed by atoms with van der Waals surface area (Å²) in [5.74, 6) is -1.92. The molecule has 7 heteroatoms. The van der Waals surface area contributed by atoms with Gasteiger partial charge >= 0.3 is 5.97 Å². The molecular formula is C17H23NO5S. The summed E-state index contributed by atoms with van der Waals surface area (Å²) in [5.41, 5.74) is 0.129. The number of carbonyl (C=O) groups is 2. The Morgan fingerprint density at radius 3 is 2.54 bits per heavy atom. The first-order valence-electron chi connectivity index (χ1n) is 8.10. The number of hydrogen-bond donors (Lipinski definition) is 1. The molecule has 0 saturated carbocycles. The van der Waals surface area contributed by atoms with Gasteiger partial charge in [-0.2, -0.15) is 0 Å². The van der Waals surface area contributed by atoms with E-state index in [2.05, 4.69) is 0 Å². The second-order valence-electron chi connectivity index (χ2n) is 6.40. The van der Waals surface area contributed by atoms with Crippen molar-refractivity contribution in [1.29, 1.82) is 0 Å². The Bertz CT molecular complexity index is 728. The molecule has 1 aromatic rings. The van der Waals surface area contributed by atoms with Gasteiger partial charge < -0.3 is 10.0 Å². The maximum atomic E-state index is 12.9. The third-order valence-corrected chi connectivity index (χ3v) is 6.19. The Kier molecular flexibility index (Phi) is 5.64. The summed E-state index contributed by atoms with van der Waals surface area (Å²) in [6.45, 7) is 4.21. The normalized spacial score (nSPS) is 21.5. The second kappa shape index (κ2) is 7.34. The first-order valence-corrected chi connectivity index (χ1v) is 9.75. The fourth-order valence-corrected chi connectivity index (χ4v) is 4.69. The molecule has 2 unspecified atom stereocenters. The summed E-state index contributed by atoms with van der Waals surface area (Å²) in [7, 11) is -3.53. The lowest BCUT2D eigenvalue weighted by Crippen LogP contribution is -2.45. The van der Waals surface area contributed by atoms with E-state index >= 15 is 0 Å². The van der Waals surface area contributed by atoms with E-state index in [4.69, 9.17) is 0 Å². The van der Waals surface area contributed by atoms with E-state index in [0.29, 0.717) is 19.4 Å². The fraction of sp³-hybridized carbons (Fsp3) is 0.529. The SMILES string of the molecule is CCCS(=O)(=O)c1ccccc1C(=O)N1CC(C)CC(C(=O)O)C1. The van der Waals surface area contributed by atoms with Crippen molar-refractivity contribution in [2.24, 2.45) is 11.8 Å². The lowest BCUT2D eigenvalue weighted by Gasteiger charge is -2.35. The van der Waals surface area contributed by atoms with Crippen LogP contribution in [0.15, 0.2) is 29.2 Å². The number of carboxylic acid groups (broad SMARTS) is 1. The molecule has 0 aliphatic carbocycles. The van der Waals surface area contributed by atoms with Gasteiger partial charge in [-0.25, -0.2) is 8.42 Å². The van der Waals surface area contributed by atoms with Crippen LogP contribution in [-0.4, -0.2) is 49.1 Å². The molecule has 132 valence electrons. The molecule has 6 nitrogen and oxygen atoms in total. The van der Waals surface area contributed by atoms with E-state index < -0.39 is 27.6 Å². The Morgan fingerprint density at radius 2 is 1.92 bits per heavy atom. The van der Waals surface area contributed by atoms with E-state index in [-0.39, 0.29) is 28.7 Å². The van der Waals surface area contributed by atoms with Crippen LogP contribution >= 0.6 is 0 Å². The van der Waals surface area contributed by atoms with Crippen molar-refractivity contribution in [3.63, 3.8) is 0 Å². The Hall–Kier alpha value is -1.89. The number of aliphatic carboxylic acids is 1. The Morgan fingerprint density at radius 1 is 1.25 bits per heavy atom. The number of hydrogen-bond acceptors (Lipinski definition) is 4. The van der Waals surface area contributed by atoms with Crippen molar-refractivity contribution in [3.05, 3.63) is 29.8 Å². The summed E-state index contributed by atoms with van der Waals surface area (Å²) in [6, 6.07) is 6.17. The number of carbonyl (C=O) groups excluding carboxylic acids is 1. The third kappa shape index (κ3) is 3.95. The standard InChI is InChI=1S/C17H23NO5S/c1-3-8-24(22,23)15-7-5-4-6-14(15)16(19)18-10-12(2)9-13(11-18)17(20)21/h4-7,12-13H,3,8-11H2,1-2H3,(H,20,21). The summed E-state index contributed by atoms with van der Waals surface area (Å²) >= 11 is 0. The van der Waals surface area contributed by atoms with Crippen LogP contribution in [0.2, 0.25) is 0 Å². The molecule has 2 rings (SSSR count). The van der Waals surface area contributed by atoms with Crippen molar-refractivity contribution in [2.45, 2.75) is 31.6 Å². The third-order valence-electron chi connectivity index (χ3n) is 4.22. The number of amides is 1. The number of nitrogens with zero attached hydrogens (tertiary/aromatic N) is 1. The zero-order valence-corrected chi connectivity index (χ0v) is 14.8. The van der Waals surface area contributed by atoms with Crippen LogP contribution in [0, 0.1) is 11.8 Å². The van der Waals surface area contributed by atoms with E-state index in [1.165, 1.54) is 17.0 Å². The number of benzene rings is 1. The molecule has 1 aliphatic heterocycles. The van der Waals surface area contributed by atoms with Crippen LogP contribution in [0.4, 0.5) is 0 Å². The van der Waals surface area contributed by atoms with E-state index in [9.17, 15) is 23.1 Å². The lowest BCUT2D eigenvalue weighted by molar-refractivity contribution is -0.143. The van der Waals surface area contributed by atoms with Crippen molar-refractivity contribution < 1.29 is 23.1 Å². The molecule has 0 bridgehead atoms. The zero-order valence-electron chi connectivity index (χ0n) is 13.9. The van der Waals surface area contributed by atoms with Gasteiger partial charge in [-0.15, -0.1) is 0 Å². The van der Waals surface area contributed by atoms with Crippen LogP contribution in [0.3, 0.4) is 0 Å². The highest BCUT2D eigenvalue weighted by atomic mass is 32.2. The molecule has 1 aliphatic rings. The van der Waals surface area contributed by atoms with Crippen LogP contribution < -0.4 is 0 Å². The molecule has 1 saturated heterocycles. The first kappa shape index (κ1) is 18.4. The van der Waals surface area contributed by atoms with Crippen molar-refractivity contribution in [2.75, 3.05) is 18.8 Å². The van der Waals surface area contributed by atoms with Gasteiger partial charge in [0.15, 0.2) is 9.84 Å². The topological polar surface area (TPSA) is 91.8 Å². The molecule has 0 aromatic heterocycles. The maximum absolute atomic E-state index is 12.9. The number of piperidine rings is 1. The first-order chi connectivity index (χ1) is 11.3. The molecule has 1 aromatic carbocycles. The molecule has 0 radical (unpaired) electrons. The second-order valence-corrected chi connectivity index (χ2v) is 8.48. The van der Waals surface area contributed by atoms with Gasteiger partial charge in [0.2, 0.25) is 0 Å². The summed E-state index contributed by atoms with van der Waals surface area (Å²) < 4.78 is 24.8. The monoisotopic (exact) mass is 353 g/mol. The predicted molar refractivity (Wildman–Crippen MR) is 89.6 cm³/mol. The highest BCUT2D eigenvalue weighted by Crippen LogP contribution is 2.26. The smallest absolute Gasteiger partial charge is 0.308 e. The van der Waals surface area contributed by atoms with Crippen LogP contribution in [-0.2, 0) is 14.6 Å². The minimum absolute atomic E-state index is 0.0224. The van der Waals surface area contributed by atoms with Gasteiger partial charge in [0.1, 0.15) is 0 Å². The van der Waals surface area contributed by atoms with Crippen LogP contribution in [0.1, 0.15) is 37.0 Å². The highest BCUT2D eigenvalue weighted by molar-refractivity contribution is 7.91. The molecule has 1 heterocycles. The summed E-state index contributed by atoms with van der Waals surface area (Å²) in [5, 5.41) is 9.25. The number of carboxylic acids is 1. The van der Waals surface area contributed by atoms with E-state index in [1.807, 2.05) is 6.92 Å². The van der Waals surface area contributed by atoms with Crippen molar-refractivity contribution >= 4 is 21.7 Å². The highest BCUT2D eigenvalue weighted by Gasteiger charge is 2.33. The van der Waals surface area contributed by atoms with E-state index in [0.717, 1.165) is 0 Å². The molecule has 0 spiro atoms.